The molecule has 0 heterocycles. The van der Waals surface area contributed by atoms with E-state index in [4.69, 9.17) is 9.47 Å². The summed E-state index contributed by atoms with van der Waals surface area (Å²) in [6.45, 7) is 4.74. The third kappa shape index (κ3) is 7.83. The lowest BCUT2D eigenvalue weighted by atomic mass is 10.1. The van der Waals surface area contributed by atoms with Crippen molar-refractivity contribution in [2.24, 2.45) is 0 Å². The Bertz CT molecular complexity index is 824. The van der Waals surface area contributed by atoms with Gasteiger partial charge in [-0.1, -0.05) is 31.2 Å². The van der Waals surface area contributed by atoms with E-state index in [2.05, 4.69) is 5.32 Å². The fourth-order valence-corrected chi connectivity index (χ4v) is 3.84. The lowest BCUT2D eigenvalue weighted by molar-refractivity contribution is -0.138. The molecule has 0 spiro atoms. The largest absolute Gasteiger partial charge is 0.497 e. The quantitative estimate of drug-likeness (QED) is 0.538. The lowest BCUT2D eigenvalue weighted by Crippen LogP contribution is -2.48. The van der Waals surface area contributed by atoms with E-state index in [0.717, 1.165) is 29.0 Å². The highest BCUT2D eigenvalue weighted by Gasteiger charge is 2.25. The first-order valence-corrected chi connectivity index (χ1v) is 11.5. The van der Waals surface area contributed by atoms with Crippen molar-refractivity contribution >= 4 is 23.6 Å². The first-order chi connectivity index (χ1) is 15.0. The standard InChI is InChI=1S/C24H32N2O4S/c1-5-14-25-24(28)18(2)26(15-19-6-10-21(29-3)11-7-19)23(27)17-31-16-20-8-12-22(30-4)13-9-20/h6-13,18H,5,14-17H2,1-4H3,(H,25,28). The van der Waals surface area contributed by atoms with E-state index >= 15 is 0 Å². The summed E-state index contributed by atoms with van der Waals surface area (Å²) >= 11 is 1.54. The summed E-state index contributed by atoms with van der Waals surface area (Å²) in [5, 5.41) is 2.89. The molecule has 0 fully saturated rings. The smallest absolute Gasteiger partial charge is 0.242 e. The number of carbonyl (C=O) groups is 2. The SMILES string of the molecule is CCCNC(=O)C(C)N(Cc1ccc(OC)cc1)C(=O)CSCc1ccc(OC)cc1. The zero-order chi connectivity index (χ0) is 22.6. The number of thioether (sulfide) groups is 1. The van der Waals surface area contributed by atoms with Gasteiger partial charge in [0, 0.05) is 18.8 Å². The van der Waals surface area contributed by atoms with Crippen molar-refractivity contribution in [3.8, 4) is 11.5 Å². The van der Waals surface area contributed by atoms with E-state index in [0.29, 0.717) is 24.6 Å². The Morgan fingerprint density at radius 1 is 0.968 bits per heavy atom. The lowest BCUT2D eigenvalue weighted by Gasteiger charge is -2.28. The number of nitrogens with one attached hydrogen (secondary N) is 1. The molecular formula is C24H32N2O4S. The highest BCUT2D eigenvalue weighted by molar-refractivity contribution is 7.99. The second-order valence-electron chi connectivity index (χ2n) is 7.18. The molecule has 2 rings (SSSR count). The molecule has 2 amide bonds. The minimum atomic E-state index is -0.553. The van der Waals surface area contributed by atoms with Crippen LogP contribution in [-0.4, -0.2) is 49.3 Å². The highest BCUT2D eigenvalue weighted by Crippen LogP contribution is 2.19. The van der Waals surface area contributed by atoms with Crippen LogP contribution >= 0.6 is 11.8 Å². The van der Waals surface area contributed by atoms with Crippen LogP contribution in [0.2, 0.25) is 0 Å². The average Bonchev–Trinajstić information content (AvgIpc) is 2.81. The van der Waals surface area contributed by atoms with Crippen LogP contribution in [0, 0.1) is 0 Å². The van der Waals surface area contributed by atoms with Crippen LogP contribution in [-0.2, 0) is 21.9 Å². The van der Waals surface area contributed by atoms with Crippen molar-refractivity contribution in [1.29, 1.82) is 0 Å². The summed E-state index contributed by atoms with van der Waals surface area (Å²) in [5.41, 5.74) is 2.07. The van der Waals surface area contributed by atoms with E-state index in [1.807, 2.05) is 55.5 Å². The van der Waals surface area contributed by atoms with Crippen LogP contribution in [0.4, 0.5) is 0 Å². The van der Waals surface area contributed by atoms with Crippen LogP contribution in [0.25, 0.3) is 0 Å². The number of rotatable bonds is 12. The number of carbonyl (C=O) groups excluding carboxylic acids is 2. The van der Waals surface area contributed by atoms with E-state index in [-0.39, 0.29) is 11.8 Å². The van der Waals surface area contributed by atoms with Crippen molar-refractivity contribution in [3.63, 3.8) is 0 Å². The van der Waals surface area contributed by atoms with Crippen molar-refractivity contribution in [2.75, 3.05) is 26.5 Å². The molecular weight excluding hydrogens is 412 g/mol. The fraction of sp³-hybridized carbons (Fsp3) is 0.417. The number of hydrogen-bond donors (Lipinski definition) is 1. The Morgan fingerprint density at radius 3 is 2.03 bits per heavy atom. The Kier molecular flexibility index (Phi) is 10.2. The first kappa shape index (κ1) is 24.6. The normalized spacial score (nSPS) is 11.5. The zero-order valence-corrected chi connectivity index (χ0v) is 19.5. The molecule has 0 saturated carbocycles. The Labute approximate surface area is 189 Å². The number of ether oxygens (including phenoxy) is 2. The minimum Gasteiger partial charge on any atom is -0.497 e. The van der Waals surface area contributed by atoms with Crippen LogP contribution < -0.4 is 14.8 Å². The molecule has 2 aromatic rings. The molecule has 0 aromatic heterocycles. The highest BCUT2D eigenvalue weighted by atomic mass is 32.2. The summed E-state index contributed by atoms with van der Waals surface area (Å²) in [6, 6.07) is 14.8. The maximum Gasteiger partial charge on any atom is 0.242 e. The zero-order valence-electron chi connectivity index (χ0n) is 18.7. The molecule has 2 aromatic carbocycles. The molecule has 7 heteroatoms. The Morgan fingerprint density at radius 2 is 1.52 bits per heavy atom. The number of amides is 2. The maximum absolute atomic E-state index is 13.1. The molecule has 1 atom stereocenters. The molecule has 0 aliphatic carbocycles. The van der Waals surface area contributed by atoms with Crippen molar-refractivity contribution in [1.82, 2.24) is 10.2 Å². The van der Waals surface area contributed by atoms with Gasteiger partial charge in [-0.25, -0.2) is 0 Å². The van der Waals surface area contributed by atoms with Gasteiger partial charge in [0.05, 0.1) is 20.0 Å². The molecule has 168 valence electrons. The van der Waals surface area contributed by atoms with Gasteiger partial charge in [-0.3, -0.25) is 9.59 Å². The van der Waals surface area contributed by atoms with Gasteiger partial charge in [0.2, 0.25) is 11.8 Å². The molecule has 0 radical (unpaired) electrons. The molecule has 1 N–H and O–H groups in total. The summed E-state index contributed by atoms with van der Waals surface area (Å²) < 4.78 is 10.4. The molecule has 1 unspecified atom stereocenters. The minimum absolute atomic E-state index is 0.0616. The van der Waals surface area contributed by atoms with Gasteiger partial charge in [-0.15, -0.1) is 11.8 Å². The predicted molar refractivity (Wildman–Crippen MR) is 125 cm³/mol. The maximum atomic E-state index is 13.1. The van der Waals surface area contributed by atoms with Gasteiger partial charge in [-0.05, 0) is 48.7 Å². The molecule has 0 saturated heterocycles. The third-order valence-corrected chi connectivity index (χ3v) is 5.87. The van der Waals surface area contributed by atoms with Crippen LogP contribution in [0.1, 0.15) is 31.4 Å². The van der Waals surface area contributed by atoms with Crippen molar-refractivity contribution in [3.05, 3.63) is 59.7 Å². The molecule has 0 aliphatic rings. The van der Waals surface area contributed by atoms with Crippen LogP contribution in [0.15, 0.2) is 48.5 Å². The van der Waals surface area contributed by atoms with Crippen LogP contribution in [0.5, 0.6) is 11.5 Å². The van der Waals surface area contributed by atoms with Gasteiger partial charge in [-0.2, -0.15) is 0 Å². The summed E-state index contributed by atoms with van der Waals surface area (Å²) in [6.07, 6.45) is 0.850. The van der Waals surface area contributed by atoms with Gasteiger partial charge < -0.3 is 19.7 Å². The van der Waals surface area contributed by atoms with Gasteiger partial charge >= 0.3 is 0 Å². The number of hydrogen-bond acceptors (Lipinski definition) is 5. The van der Waals surface area contributed by atoms with Crippen molar-refractivity contribution < 1.29 is 19.1 Å². The second-order valence-corrected chi connectivity index (χ2v) is 8.16. The van der Waals surface area contributed by atoms with E-state index in [1.54, 1.807) is 26.0 Å². The first-order valence-electron chi connectivity index (χ1n) is 10.4. The Hall–Kier alpha value is -2.67. The predicted octanol–water partition coefficient (Wildman–Crippen LogP) is 3.88. The van der Waals surface area contributed by atoms with Crippen LogP contribution in [0.3, 0.4) is 0 Å². The third-order valence-electron chi connectivity index (χ3n) is 4.88. The fourth-order valence-electron chi connectivity index (χ4n) is 2.97. The average molecular weight is 445 g/mol. The van der Waals surface area contributed by atoms with Crippen molar-refractivity contribution in [2.45, 2.75) is 38.6 Å². The molecule has 0 bridgehead atoms. The topological polar surface area (TPSA) is 67.9 Å². The molecule has 31 heavy (non-hydrogen) atoms. The second kappa shape index (κ2) is 12.9. The monoisotopic (exact) mass is 444 g/mol. The van der Waals surface area contributed by atoms with Gasteiger partial charge in [0.25, 0.3) is 0 Å². The number of benzene rings is 2. The summed E-state index contributed by atoms with van der Waals surface area (Å²) in [5.74, 6) is 2.38. The molecule has 0 aliphatic heterocycles. The van der Waals surface area contributed by atoms with Gasteiger partial charge in [0.1, 0.15) is 17.5 Å². The number of nitrogens with zero attached hydrogens (tertiary/aromatic N) is 1. The Balaban J connectivity index is 2.03. The van der Waals surface area contributed by atoms with E-state index < -0.39 is 6.04 Å². The van der Waals surface area contributed by atoms with E-state index in [9.17, 15) is 9.59 Å². The molecule has 6 nitrogen and oxygen atoms in total. The van der Waals surface area contributed by atoms with Gasteiger partial charge in [0.15, 0.2) is 0 Å². The summed E-state index contributed by atoms with van der Waals surface area (Å²) in [7, 11) is 3.25. The summed E-state index contributed by atoms with van der Waals surface area (Å²) in [4.78, 5) is 27.3. The number of methoxy groups -OCH3 is 2. The van der Waals surface area contributed by atoms with E-state index in [1.165, 1.54) is 11.8 Å².